The summed E-state index contributed by atoms with van der Waals surface area (Å²) in [5.74, 6) is 0. The van der Waals surface area contributed by atoms with Gasteiger partial charge < -0.3 is 9.47 Å². The molecule has 12 aromatic rings. The number of hydrogen-bond donors (Lipinski definition) is 0. The van der Waals surface area contributed by atoms with E-state index in [1.54, 1.807) is 0 Å². The fourth-order valence-electron chi connectivity index (χ4n) is 9.93. The van der Waals surface area contributed by atoms with Crippen molar-refractivity contribution >= 4 is 49.6 Å². The Morgan fingerprint density at radius 1 is 0.227 bits per heavy atom. The highest BCUT2D eigenvalue weighted by Gasteiger charge is 2.21. The third-order valence-electron chi connectivity index (χ3n) is 13.0. The Labute approximate surface area is 385 Å². The van der Waals surface area contributed by atoms with Crippen molar-refractivity contribution < 1.29 is 0 Å². The van der Waals surface area contributed by atoms with E-state index in [0.29, 0.717) is 0 Å². The van der Waals surface area contributed by atoms with Gasteiger partial charge in [0.2, 0.25) is 0 Å². The van der Waals surface area contributed by atoms with Crippen LogP contribution in [0.15, 0.2) is 267 Å². The first-order chi connectivity index (χ1) is 32.8. The van der Waals surface area contributed by atoms with E-state index in [-0.39, 0.29) is 0 Å². The van der Waals surface area contributed by atoms with Crippen molar-refractivity contribution in [1.82, 2.24) is 4.57 Å². The van der Waals surface area contributed by atoms with E-state index in [4.69, 9.17) is 0 Å². The van der Waals surface area contributed by atoms with Crippen molar-refractivity contribution in [3.05, 3.63) is 267 Å². The number of benzene rings is 11. The van der Waals surface area contributed by atoms with Crippen LogP contribution in [0.5, 0.6) is 0 Å². The van der Waals surface area contributed by atoms with E-state index in [2.05, 4.69) is 276 Å². The molecule has 0 unspecified atom stereocenters. The molecule has 0 aliphatic carbocycles. The monoisotopic (exact) mass is 840 g/mol. The lowest BCUT2D eigenvalue weighted by Crippen LogP contribution is -2.10. The summed E-state index contributed by atoms with van der Waals surface area (Å²) in [4.78, 5) is 2.39. The lowest BCUT2D eigenvalue weighted by molar-refractivity contribution is 1.18. The van der Waals surface area contributed by atoms with Crippen molar-refractivity contribution in [2.24, 2.45) is 0 Å². The van der Waals surface area contributed by atoms with Gasteiger partial charge in [-0.05, 0) is 115 Å². The second kappa shape index (κ2) is 16.8. The molecule has 0 saturated heterocycles. The molecule has 0 spiro atoms. The van der Waals surface area contributed by atoms with E-state index < -0.39 is 0 Å². The number of para-hydroxylation sites is 3. The Morgan fingerprint density at radius 2 is 0.606 bits per heavy atom. The van der Waals surface area contributed by atoms with Crippen LogP contribution in [0.4, 0.5) is 17.1 Å². The van der Waals surface area contributed by atoms with Crippen LogP contribution in [-0.2, 0) is 0 Å². The van der Waals surface area contributed by atoms with Crippen molar-refractivity contribution in [3.63, 3.8) is 0 Å². The number of rotatable bonds is 9. The highest BCUT2D eigenvalue weighted by Crippen LogP contribution is 2.45. The summed E-state index contributed by atoms with van der Waals surface area (Å²) in [7, 11) is 0. The molecule has 1 heterocycles. The van der Waals surface area contributed by atoms with E-state index >= 15 is 0 Å². The fraction of sp³-hybridized carbons (Fsp3) is 0. The zero-order chi connectivity index (χ0) is 43.8. The molecule has 0 N–H and O–H groups in total. The Bertz CT molecular complexity index is 3610. The third-order valence-corrected chi connectivity index (χ3v) is 13.0. The van der Waals surface area contributed by atoms with Gasteiger partial charge in [0.25, 0.3) is 0 Å². The number of nitrogens with zero attached hydrogens (tertiary/aromatic N) is 2. The summed E-state index contributed by atoms with van der Waals surface area (Å²) < 4.78 is 2.43. The Morgan fingerprint density at radius 3 is 1.17 bits per heavy atom. The van der Waals surface area contributed by atoms with Crippen molar-refractivity contribution in [2.75, 3.05) is 4.90 Å². The first-order valence-electron chi connectivity index (χ1n) is 22.7. The molecule has 0 radical (unpaired) electrons. The maximum absolute atomic E-state index is 2.43. The summed E-state index contributed by atoms with van der Waals surface area (Å²) in [6.07, 6.45) is 0. The van der Waals surface area contributed by atoms with Crippen LogP contribution in [0.25, 0.3) is 93.9 Å². The van der Waals surface area contributed by atoms with Gasteiger partial charge in [0.05, 0.1) is 16.7 Å². The van der Waals surface area contributed by atoms with Gasteiger partial charge in [-0.2, -0.15) is 0 Å². The average Bonchev–Trinajstić information content (AvgIpc) is 3.74. The molecular formula is C64H44N2. The normalized spacial score (nSPS) is 11.3. The second-order valence-electron chi connectivity index (χ2n) is 16.9. The molecule has 66 heavy (non-hydrogen) atoms. The number of fused-ring (bicyclic) bond motifs is 4. The van der Waals surface area contributed by atoms with Gasteiger partial charge in [-0.1, -0.05) is 212 Å². The van der Waals surface area contributed by atoms with Crippen LogP contribution in [0.1, 0.15) is 0 Å². The van der Waals surface area contributed by atoms with Gasteiger partial charge in [0, 0.05) is 33.4 Å². The van der Waals surface area contributed by atoms with Crippen LogP contribution in [0.2, 0.25) is 0 Å². The Balaban J connectivity index is 1.02. The van der Waals surface area contributed by atoms with Gasteiger partial charge in [-0.3, -0.25) is 0 Å². The van der Waals surface area contributed by atoms with Crippen molar-refractivity contribution in [3.8, 4) is 61.3 Å². The van der Waals surface area contributed by atoms with E-state index in [9.17, 15) is 0 Å². The molecule has 2 heteroatoms. The van der Waals surface area contributed by atoms with E-state index in [1.165, 1.54) is 77.1 Å². The quantitative estimate of drug-likeness (QED) is 0.141. The zero-order valence-corrected chi connectivity index (χ0v) is 36.3. The minimum Gasteiger partial charge on any atom is -0.310 e. The fourth-order valence-corrected chi connectivity index (χ4v) is 9.93. The van der Waals surface area contributed by atoms with E-state index in [1.807, 2.05) is 0 Å². The highest BCUT2D eigenvalue weighted by molar-refractivity contribution is 6.10. The topological polar surface area (TPSA) is 8.17 Å². The molecule has 1 aromatic heterocycles. The molecule has 12 rings (SSSR count). The van der Waals surface area contributed by atoms with Gasteiger partial charge in [-0.25, -0.2) is 0 Å². The minimum absolute atomic E-state index is 1.07. The van der Waals surface area contributed by atoms with Crippen LogP contribution in [-0.4, -0.2) is 4.57 Å². The van der Waals surface area contributed by atoms with Gasteiger partial charge >= 0.3 is 0 Å². The van der Waals surface area contributed by atoms with Crippen molar-refractivity contribution in [1.29, 1.82) is 0 Å². The smallest absolute Gasteiger partial charge is 0.0541 e. The van der Waals surface area contributed by atoms with Crippen LogP contribution < -0.4 is 4.90 Å². The number of aromatic nitrogens is 1. The molecule has 0 fully saturated rings. The predicted octanol–water partition coefficient (Wildman–Crippen LogP) is 17.7. The largest absolute Gasteiger partial charge is 0.310 e. The number of anilines is 3. The molecule has 11 aromatic carbocycles. The predicted molar refractivity (Wildman–Crippen MR) is 280 cm³/mol. The third kappa shape index (κ3) is 6.93. The first kappa shape index (κ1) is 38.9. The van der Waals surface area contributed by atoms with Crippen LogP contribution >= 0.6 is 0 Å². The Hall–Kier alpha value is -8.72. The standard InChI is InChI=1S/C64H44N2/c1-4-18-45(19-5-1)46-32-36-50(37-33-46)65(51-38-34-49(35-39-51)54-43-42-53(47-20-6-2-7-21-47)55-24-10-11-25-56(54)55)52-40-41-57(61(44-52)48-22-8-3-9-23-48)58-26-12-15-29-62(58)66-63-30-16-13-27-59(63)60-28-14-17-31-64(60)66/h1-44H. The maximum atomic E-state index is 2.43. The molecule has 2 nitrogen and oxygen atoms in total. The zero-order valence-electron chi connectivity index (χ0n) is 36.3. The Kier molecular flexibility index (Phi) is 9.89. The van der Waals surface area contributed by atoms with Crippen LogP contribution in [0, 0.1) is 0 Å². The van der Waals surface area contributed by atoms with Gasteiger partial charge in [-0.15, -0.1) is 0 Å². The lowest BCUT2D eigenvalue weighted by Gasteiger charge is -2.27. The van der Waals surface area contributed by atoms with E-state index in [0.717, 1.165) is 33.9 Å². The maximum Gasteiger partial charge on any atom is 0.0541 e. The first-order valence-corrected chi connectivity index (χ1v) is 22.7. The molecular weight excluding hydrogens is 797 g/mol. The molecule has 0 amide bonds. The minimum atomic E-state index is 1.07. The molecule has 0 atom stereocenters. The highest BCUT2D eigenvalue weighted by atomic mass is 15.1. The summed E-state index contributed by atoms with van der Waals surface area (Å²) in [6, 6.07) is 96.9. The summed E-state index contributed by atoms with van der Waals surface area (Å²) >= 11 is 0. The van der Waals surface area contributed by atoms with Crippen molar-refractivity contribution in [2.45, 2.75) is 0 Å². The molecule has 0 aliphatic heterocycles. The SMILES string of the molecule is c1ccc(-c2ccc(N(c3ccc(-c4ccc(-c5ccccc5)c5ccccc45)cc3)c3ccc(-c4ccccc4-n4c5ccccc5c5ccccc54)c(-c4ccccc4)c3)cc2)cc1. The summed E-state index contributed by atoms with van der Waals surface area (Å²) in [6.45, 7) is 0. The lowest BCUT2D eigenvalue weighted by atomic mass is 9.91. The van der Waals surface area contributed by atoms with Crippen LogP contribution in [0.3, 0.4) is 0 Å². The van der Waals surface area contributed by atoms with Gasteiger partial charge in [0.15, 0.2) is 0 Å². The molecule has 310 valence electrons. The number of hydrogen-bond acceptors (Lipinski definition) is 1. The molecule has 0 bridgehead atoms. The summed E-state index contributed by atoms with van der Waals surface area (Å²) in [5.41, 5.74) is 18.7. The van der Waals surface area contributed by atoms with Gasteiger partial charge in [0.1, 0.15) is 0 Å². The average molecular weight is 841 g/mol. The molecule has 0 saturated carbocycles. The molecule has 0 aliphatic rings. The second-order valence-corrected chi connectivity index (χ2v) is 16.9. The summed E-state index contributed by atoms with van der Waals surface area (Å²) in [5, 5.41) is 4.99.